The summed E-state index contributed by atoms with van der Waals surface area (Å²) in [6.07, 6.45) is -1.47. The Morgan fingerprint density at radius 1 is 0.951 bits per heavy atom. The molecule has 216 valence electrons. The predicted octanol–water partition coefficient (Wildman–Crippen LogP) is 6.13. The molecular formula is C29H29F3N4O3S2. The minimum Gasteiger partial charge on any atom is -0.356 e. The van der Waals surface area contributed by atoms with Crippen molar-refractivity contribution in [2.75, 3.05) is 17.6 Å². The molecule has 0 radical (unpaired) electrons. The van der Waals surface area contributed by atoms with Gasteiger partial charge in [0.05, 0.1) is 22.5 Å². The van der Waals surface area contributed by atoms with E-state index in [0.29, 0.717) is 54.1 Å². The van der Waals surface area contributed by atoms with Gasteiger partial charge >= 0.3 is 6.18 Å². The van der Waals surface area contributed by atoms with E-state index in [1.165, 1.54) is 34.1 Å². The lowest BCUT2D eigenvalue weighted by molar-refractivity contribution is -0.137. The third kappa shape index (κ3) is 8.67. The van der Waals surface area contributed by atoms with E-state index in [1.807, 2.05) is 30.3 Å². The van der Waals surface area contributed by atoms with Gasteiger partial charge in [0.1, 0.15) is 4.70 Å². The van der Waals surface area contributed by atoms with Crippen LogP contribution >= 0.6 is 23.1 Å². The number of amides is 2. The summed E-state index contributed by atoms with van der Waals surface area (Å²) >= 11 is 2.27. The summed E-state index contributed by atoms with van der Waals surface area (Å²) in [5.74, 6) is -0.887. The van der Waals surface area contributed by atoms with Crippen molar-refractivity contribution in [2.24, 2.45) is 0 Å². The van der Waals surface area contributed by atoms with Crippen LogP contribution in [0.3, 0.4) is 0 Å². The Morgan fingerprint density at radius 3 is 2.49 bits per heavy atom. The zero-order valence-corrected chi connectivity index (χ0v) is 23.7. The zero-order chi connectivity index (χ0) is 29.2. The number of nitrogens with one attached hydrogen (secondary N) is 2. The first-order chi connectivity index (χ1) is 19.7. The van der Waals surface area contributed by atoms with E-state index in [1.54, 1.807) is 11.4 Å². The number of thioether (sulfide) groups is 1. The van der Waals surface area contributed by atoms with E-state index < -0.39 is 17.6 Å². The Balaban J connectivity index is 1.30. The number of halogens is 3. The molecule has 0 aliphatic carbocycles. The third-order valence-electron chi connectivity index (χ3n) is 6.23. The number of para-hydroxylation sites is 1. The maximum absolute atomic E-state index is 13.3. The quantitative estimate of drug-likeness (QED) is 0.109. The van der Waals surface area contributed by atoms with E-state index in [-0.39, 0.29) is 22.9 Å². The molecule has 2 N–H and O–H groups in total. The highest BCUT2D eigenvalue weighted by Gasteiger charge is 2.33. The number of anilines is 1. The van der Waals surface area contributed by atoms with Crippen molar-refractivity contribution in [1.29, 1.82) is 0 Å². The highest BCUT2D eigenvalue weighted by molar-refractivity contribution is 7.99. The standard InChI is InChI=1S/C29H29F3N4O3S2/c30-29(31,32)21-11-6-7-12-22(21)34-25(38)19-41-28-35-23-15-18-40-26(23)27(39)36(28)17-8-2-5-13-24(37)33-16-14-20-9-3-1-4-10-20/h1,3-4,6-7,9-12,15,18H,2,5,8,13-14,16-17,19H2,(H,33,37)(H,34,38). The van der Waals surface area contributed by atoms with Crippen molar-refractivity contribution < 1.29 is 22.8 Å². The van der Waals surface area contributed by atoms with Crippen molar-refractivity contribution >= 4 is 50.8 Å². The number of thiophene rings is 1. The molecule has 2 aromatic carbocycles. The maximum atomic E-state index is 13.3. The van der Waals surface area contributed by atoms with Crippen LogP contribution < -0.4 is 16.2 Å². The maximum Gasteiger partial charge on any atom is 0.418 e. The molecule has 2 heterocycles. The van der Waals surface area contributed by atoms with Crippen molar-refractivity contribution in [2.45, 2.75) is 50.0 Å². The SMILES string of the molecule is O=C(CCCCCn1c(SCC(=O)Nc2ccccc2C(F)(F)F)nc2ccsc2c1=O)NCCc1ccccc1. The summed E-state index contributed by atoms with van der Waals surface area (Å²) in [5.41, 5.74) is 0.181. The van der Waals surface area contributed by atoms with Crippen LogP contribution in [0.15, 0.2) is 76.0 Å². The molecule has 4 aromatic rings. The number of nitrogens with zero attached hydrogens (tertiary/aromatic N) is 2. The number of rotatable bonds is 13. The van der Waals surface area contributed by atoms with Gasteiger partial charge in [-0.15, -0.1) is 11.3 Å². The number of carbonyl (C=O) groups excluding carboxylic acids is 2. The lowest BCUT2D eigenvalue weighted by Crippen LogP contribution is -2.25. The molecule has 0 spiro atoms. The lowest BCUT2D eigenvalue weighted by Gasteiger charge is -2.14. The average Bonchev–Trinajstić information content (AvgIpc) is 3.42. The van der Waals surface area contributed by atoms with Crippen molar-refractivity contribution in [3.63, 3.8) is 0 Å². The van der Waals surface area contributed by atoms with Crippen molar-refractivity contribution in [3.8, 4) is 0 Å². The minimum atomic E-state index is -4.61. The molecule has 7 nitrogen and oxygen atoms in total. The largest absolute Gasteiger partial charge is 0.418 e. The van der Waals surface area contributed by atoms with Gasteiger partial charge in [-0.05, 0) is 48.4 Å². The molecule has 0 fully saturated rings. The van der Waals surface area contributed by atoms with E-state index in [4.69, 9.17) is 0 Å². The van der Waals surface area contributed by atoms with Crippen LogP contribution in [0.4, 0.5) is 18.9 Å². The van der Waals surface area contributed by atoms with Gasteiger partial charge in [0.25, 0.3) is 5.56 Å². The molecule has 2 amide bonds. The molecule has 41 heavy (non-hydrogen) atoms. The lowest BCUT2D eigenvalue weighted by atomic mass is 10.1. The minimum absolute atomic E-state index is 0.0193. The summed E-state index contributed by atoms with van der Waals surface area (Å²) in [7, 11) is 0. The summed E-state index contributed by atoms with van der Waals surface area (Å²) in [4.78, 5) is 42.4. The van der Waals surface area contributed by atoms with Gasteiger partial charge in [-0.1, -0.05) is 60.6 Å². The van der Waals surface area contributed by atoms with E-state index in [0.717, 1.165) is 29.8 Å². The molecule has 0 atom stereocenters. The molecule has 0 saturated carbocycles. The van der Waals surface area contributed by atoms with Crippen LogP contribution in [0.2, 0.25) is 0 Å². The summed E-state index contributed by atoms with van der Waals surface area (Å²) in [5, 5.41) is 7.32. The molecular weight excluding hydrogens is 573 g/mol. The first kappa shape index (κ1) is 30.3. The first-order valence-electron chi connectivity index (χ1n) is 13.1. The highest BCUT2D eigenvalue weighted by Crippen LogP contribution is 2.34. The van der Waals surface area contributed by atoms with Gasteiger partial charge in [0, 0.05) is 19.5 Å². The normalized spacial score (nSPS) is 11.5. The molecule has 0 saturated heterocycles. The molecule has 0 unspecified atom stereocenters. The fraction of sp³-hybridized carbons (Fsp3) is 0.310. The second-order valence-corrected chi connectivity index (χ2v) is 11.1. The summed E-state index contributed by atoms with van der Waals surface area (Å²) < 4.78 is 41.8. The number of fused-ring (bicyclic) bond motifs is 1. The van der Waals surface area contributed by atoms with Crippen LogP contribution in [0.5, 0.6) is 0 Å². The average molecular weight is 603 g/mol. The number of unbranched alkanes of at least 4 members (excludes halogenated alkanes) is 2. The van der Waals surface area contributed by atoms with E-state index in [9.17, 15) is 27.6 Å². The van der Waals surface area contributed by atoms with Gasteiger partial charge in [-0.3, -0.25) is 19.0 Å². The Morgan fingerprint density at radius 2 is 1.71 bits per heavy atom. The Kier molecular flexibility index (Phi) is 10.6. The Labute approximate surface area is 243 Å². The van der Waals surface area contributed by atoms with Gasteiger partial charge < -0.3 is 10.6 Å². The summed E-state index contributed by atoms with van der Waals surface area (Å²) in [6.45, 7) is 0.914. The van der Waals surface area contributed by atoms with Crippen LogP contribution in [0.1, 0.15) is 36.8 Å². The number of hydrogen-bond donors (Lipinski definition) is 2. The monoisotopic (exact) mass is 602 g/mol. The molecule has 2 aromatic heterocycles. The number of hydrogen-bond acceptors (Lipinski definition) is 6. The van der Waals surface area contributed by atoms with Crippen molar-refractivity contribution in [1.82, 2.24) is 14.9 Å². The number of aromatic nitrogens is 2. The van der Waals surface area contributed by atoms with Crippen LogP contribution in [0.25, 0.3) is 10.2 Å². The highest BCUT2D eigenvalue weighted by atomic mass is 32.2. The molecule has 0 aliphatic heterocycles. The van der Waals surface area contributed by atoms with Gasteiger partial charge in [0.15, 0.2) is 5.16 Å². The Bertz CT molecular complexity index is 1540. The smallest absolute Gasteiger partial charge is 0.356 e. The van der Waals surface area contributed by atoms with Crippen molar-refractivity contribution in [3.05, 3.63) is 87.5 Å². The molecule has 0 aliphatic rings. The molecule has 0 bridgehead atoms. The van der Waals surface area contributed by atoms with Crippen LogP contribution in [-0.2, 0) is 28.7 Å². The summed E-state index contributed by atoms with van der Waals surface area (Å²) in [6, 6.07) is 16.4. The van der Waals surface area contributed by atoms with Gasteiger partial charge in [-0.2, -0.15) is 13.2 Å². The predicted molar refractivity (Wildman–Crippen MR) is 156 cm³/mol. The van der Waals surface area contributed by atoms with E-state index in [2.05, 4.69) is 15.6 Å². The zero-order valence-electron chi connectivity index (χ0n) is 22.1. The number of alkyl halides is 3. The third-order valence-corrected chi connectivity index (χ3v) is 8.10. The first-order valence-corrected chi connectivity index (χ1v) is 15.0. The second-order valence-electron chi connectivity index (χ2n) is 9.26. The topological polar surface area (TPSA) is 93.1 Å². The number of carbonyl (C=O) groups is 2. The van der Waals surface area contributed by atoms with Crippen LogP contribution in [0, 0.1) is 0 Å². The fourth-order valence-electron chi connectivity index (χ4n) is 4.20. The molecule has 12 heteroatoms. The number of benzene rings is 2. The van der Waals surface area contributed by atoms with Gasteiger partial charge in [0.2, 0.25) is 11.8 Å². The van der Waals surface area contributed by atoms with Gasteiger partial charge in [-0.25, -0.2) is 4.98 Å². The second kappa shape index (κ2) is 14.3. The van der Waals surface area contributed by atoms with Crippen LogP contribution in [-0.4, -0.2) is 33.7 Å². The fourth-order valence-corrected chi connectivity index (χ4v) is 5.80. The molecule has 4 rings (SSSR count). The Hall–Kier alpha value is -3.64. The van der Waals surface area contributed by atoms with E-state index >= 15 is 0 Å².